The Hall–Kier alpha value is -1.75. The average Bonchev–Trinajstić information content (AvgIpc) is 3.42. The number of thiophene rings is 1. The lowest BCUT2D eigenvalue weighted by Crippen LogP contribution is -2.20. The Morgan fingerprint density at radius 3 is 2.90 bits per heavy atom. The van der Waals surface area contributed by atoms with Gasteiger partial charge in [0.25, 0.3) is 5.78 Å². The molecule has 0 aliphatic heterocycles. The molecule has 0 N–H and O–H groups in total. The summed E-state index contributed by atoms with van der Waals surface area (Å²) in [6.07, 6.45) is 4.79. The minimum absolute atomic E-state index is 0.259. The number of nitrogens with zero attached hydrogens (tertiary/aromatic N) is 6. The van der Waals surface area contributed by atoms with Crippen molar-refractivity contribution in [3.63, 3.8) is 0 Å². The average molecular weight is 433 g/mol. The molecule has 4 heterocycles. The van der Waals surface area contributed by atoms with E-state index in [2.05, 4.69) is 31.6 Å². The van der Waals surface area contributed by atoms with Gasteiger partial charge in [-0.05, 0) is 44.6 Å². The van der Waals surface area contributed by atoms with E-state index < -0.39 is 0 Å². The number of ether oxygens (including phenoxy) is 2. The van der Waals surface area contributed by atoms with Crippen molar-refractivity contribution in [2.45, 2.75) is 51.5 Å². The van der Waals surface area contributed by atoms with Crippen LogP contribution in [0.4, 0.5) is 0 Å². The maximum absolute atomic E-state index is 5.69. The summed E-state index contributed by atoms with van der Waals surface area (Å²) in [6.45, 7) is 7.52. The van der Waals surface area contributed by atoms with E-state index in [1.165, 1.54) is 22.2 Å². The third-order valence-electron chi connectivity index (χ3n) is 5.32. The van der Waals surface area contributed by atoms with Crippen LogP contribution in [0, 0.1) is 5.92 Å². The second-order valence-corrected chi connectivity index (χ2v) is 9.37. The summed E-state index contributed by atoms with van der Waals surface area (Å²) in [7, 11) is 0. The van der Waals surface area contributed by atoms with E-state index in [1.807, 2.05) is 29.7 Å². The highest BCUT2D eigenvalue weighted by Gasteiger charge is 2.26. The van der Waals surface area contributed by atoms with Gasteiger partial charge in [-0.1, -0.05) is 18.7 Å². The van der Waals surface area contributed by atoms with Crippen LogP contribution < -0.4 is 0 Å². The first-order valence-electron chi connectivity index (χ1n) is 10.1. The fourth-order valence-corrected chi connectivity index (χ4v) is 6.29. The zero-order valence-electron chi connectivity index (χ0n) is 16.8. The summed E-state index contributed by atoms with van der Waals surface area (Å²) in [5, 5.41) is 15.4. The number of hydrogen-bond acceptors (Lipinski definition) is 8. The van der Waals surface area contributed by atoms with Crippen LogP contribution in [0.2, 0.25) is 0 Å². The van der Waals surface area contributed by atoms with Crippen molar-refractivity contribution in [2.24, 2.45) is 5.92 Å². The zero-order valence-corrected chi connectivity index (χ0v) is 18.4. The number of hydrogen-bond donors (Lipinski definition) is 0. The first kappa shape index (κ1) is 19.2. The van der Waals surface area contributed by atoms with Crippen LogP contribution in [0.25, 0.3) is 21.6 Å². The Bertz CT molecular complexity index is 1160. The highest BCUT2D eigenvalue weighted by atomic mass is 32.2. The smallest absolute Gasteiger partial charge is 0.260 e. The second kappa shape index (κ2) is 7.82. The molecule has 29 heavy (non-hydrogen) atoms. The largest absolute Gasteiger partial charge is 0.352 e. The van der Waals surface area contributed by atoms with Crippen molar-refractivity contribution in [1.29, 1.82) is 0 Å². The van der Waals surface area contributed by atoms with Gasteiger partial charge in [0.1, 0.15) is 11.2 Å². The van der Waals surface area contributed by atoms with Crippen LogP contribution in [-0.2, 0) is 22.3 Å². The lowest BCUT2D eigenvalue weighted by atomic mass is 9.89. The third-order valence-corrected chi connectivity index (χ3v) is 7.56. The van der Waals surface area contributed by atoms with Gasteiger partial charge in [-0.25, -0.2) is 9.38 Å². The molecular weight excluding hydrogens is 408 g/mol. The van der Waals surface area contributed by atoms with Crippen LogP contribution in [0.1, 0.15) is 37.6 Å². The van der Waals surface area contributed by atoms with Gasteiger partial charge in [-0.3, -0.25) is 0 Å². The standard InChI is InChI=1S/C19H24N6O2S2/c1-4-26-14(27-5-2)9-28-19-23-22-18-24(19)17-15(16-20-10-21-25(16)18)12-8-11(3)6-7-13(12)29-17/h10-11,14H,4-9H2,1-3H3/t11-/m1/s1. The van der Waals surface area contributed by atoms with Gasteiger partial charge in [0.05, 0.1) is 11.1 Å². The van der Waals surface area contributed by atoms with Gasteiger partial charge in [-0.15, -0.1) is 21.5 Å². The van der Waals surface area contributed by atoms with E-state index in [4.69, 9.17) is 9.47 Å². The van der Waals surface area contributed by atoms with Crippen molar-refractivity contribution in [1.82, 2.24) is 29.2 Å². The minimum atomic E-state index is -0.259. The molecule has 0 radical (unpaired) electrons. The highest BCUT2D eigenvalue weighted by Crippen LogP contribution is 2.40. The topological polar surface area (TPSA) is 78.8 Å². The quantitative estimate of drug-likeness (QED) is 0.326. The first-order chi connectivity index (χ1) is 14.2. The fraction of sp³-hybridized carbons (Fsp3) is 0.579. The van der Waals surface area contributed by atoms with E-state index in [9.17, 15) is 0 Å². The number of aryl methyl sites for hydroxylation is 1. The molecule has 0 saturated carbocycles. The lowest BCUT2D eigenvalue weighted by molar-refractivity contribution is -0.120. The Balaban J connectivity index is 1.65. The molecule has 4 aromatic heterocycles. The van der Waals surface area contributed by atoms with Gasteiger partial charge in [0.2, 0.25) is 0 Å². The molecule has 0 spiro atoms. The number of thioether (sulfide) groups is 1. The molecule has 154 valence electrons. The molecule has 10 heteroatoms. The zero-order chi connectivity index (χ0) is 20.0. The molecule has 0 amide bonds. The Morgan fingerprint density at radius 2 is 2.10 bits per heavy atom. The van der Waals surface area contributed by atoms with Crippen molar-refractivity contribution in [3.8, 4) is 0 Å². The molecular formula is C19H24N6O2S2. The molecule has 0 saturated heterocycles. The predicted molar refractivity (Wildman–Crippen MR) is 114 cm³/mol. The van der Waals surface area contributed by atoms with Crippen LogP contribution in [0.5, 0.6) is 0 Å². The molecule has 5 rings (SSSR count). The molecule has 0 unspecified atom stereocenters. The summed E-state index contributed by atoms with van der Waals surface area (Å²) < 4.78 is 15.3. The molecule has 0 fully saturated rings. The maximum Gasteiger partial charge on any atom is 0.260 e. The first-order valence-corrected chi connectivity index (χ1v) is 11.9. The summed E-state index contributed by atoms with van der Waals surface area (Å²) in [4.78, 5) is 7.19. The Morgan fingerprint density at radius 1 is 1.28 bits per heavy atom. The van der Waals surface area contributed by atoms with E-state index in [-0.39, 0.29) is 6.29 Å². The second-order valence-electron chi connectivity index (χ2n) is 7.30. The number of aromatic nitrogens is 6. The Kier molecular flexibility index (Phi) is 5.19. The van der Waals surface area contributed by atoms with Crippen LogP contribution in [0.3, 0.4) is 0 Å². The van der Waals surface area contributed by atoms with Crippen molar-refractivity contribution in [2.75, 3.05) is 19.0 Å². The summed E-state index contributed by atoms with van der Waals surface area (Å²) in [5.74, 6) is 2.04. The number of fused-ring (bicyclic) bond motifs is 8. The Labute approximate surface area is 176 Å². The van der Waals surface area contributed by atoms with E-state index in [0.717, 1.165) is 28.5 Å². The monoisotopic (exact) mass is 432 g/mol. The highest BCUT2D eigenvalue weighted by molar-refractivity contribution is 7.99. The molecule has 4 aromatic rings. The molecule has 0 aromatic carbocycles. The van der Waals surface area contributed by atoms with Crippen molar-refractivity contribution >= 4 is 44.7 Å². The van der Waals surface area contributed by atoms with E-state index in [1.54, 1.807) is 18.1 Å². The molecule has 8 nitrogen and oxygen atoms in total. The predicted octanol–water partition coefficient (Wildman–Crippen LogP) is 3.60. The normalized spacial score (nSPS) is 17.2. The van der Waals surface area contributed by atoms with Gasteiger partial charge < -0.3 is 9.47 Å². The summed E-state index contributed by atoms with van der Waals surface area (Å²) >= 11 is 3.45. The van der Waals surface area contributed by atoms with Gasteiger partial charge >= 0.3 is 0 Å². The van der Waals surface area contributed by atoms with E-state index in [0.29, 0.717) is 30.7 Å². The maximum atomic E-state index is 5.69. The van der Waals surface area contributed by atoms with Crippen LogP contribution >= 0.6 is 23.1 Å². The van der Waals surface area contributed by atoms with E-state index >= 15 is 0 Å². The SMILES string of the molecule is CCOC(CSc1nnc2n3ncnc3c3c4c(sc3n12)CC[C@@H](C)C4)OCC. The molecule has 0 bridgehead atoms. The summed E-state index contributed by atoms with van der Waals surface area (Å²) in [5.41, 5.74) is 2.30. The third kappa shape index (κ3) is 3.22. The van der Waals surface area contributed by atoms with Gasteiger partial charge in [-0.2, -0.15) is 9.61 Å². The number of rotatable bonds is 7. The van der Waals surface area contributed by atoms with Crippen molar-refractivity contribution < 1.29 is 9.47 Å². The summed E-state index contributed by atoms with van der Waals surface area (Å²) in [6, 6.07) is 0. The minimum Gasteiger partial charge on any atom is -0.352 e. The van der Waals surface area contributed by atoms with Crippen molar-refractivity contribution in [3.05, 3.63) is 16.8 Å². The molecule has 1 aliphatic carbocycles. The van der Waals surface area contributed by atoms with Crippen LogP contribution in [0.15, 0.2) is 11.5 Å². The lowest BCUT2D eigenvalue weighted by Gasteiger charge is -2.17. The van der Waals surface area contributed by atoms with Crippen LogP contribution in [-0.4, -0.2) is 54.5 Å². The molecule has 1 atom stereocenters. The fourth-order valence-electron chi connectivity index (χ4n) is 4.02. The van der Waals surface area contributed by atoms with Gasteiger partial charge in [0, 0.05) is 18.1 Å². The molecule has 1 aliphatic rings. The van der Waals surface area contributed by atoms with Gasteiger partial charge in [0.15, 0.2) is 17.1 Å².